The molecule has 122 valence electrons. The number of amides is 1. The molecule has 0 heterocycles. The summed E-state index contributed by atoms with van der Waals surface area (Å²) in [7, 11) is 1.61. The Hall–Kier alpha value is -2.33. The predicted octanol–water partition coefficient (Wildman–Crippen LogP) is 3.04. The molecule has 0 aliphatic carbocycles. The fourth-order valence-electron chi connectivity index (χ4n) is 2.37. The molecule has 2 unspecified atom stereocenters. The van der Waals surface area contributed by atoms with E-state index in [4.69, 9.17) is 4.74 Å². The minimum atomic E-state index is -0.562. The van der Waals surface area contributed by atoms with E-state index >= 15 is 0 Å². The average molecular weight is 313 g/mol. The molecule has 1 amide bonds. The number of nitrogens with one attached hydrogen (secondary N) is 1. The van der Waals surface area contributed by atoms with Crippen molar-refractivity contribution in [3.05, 3.63) is 65.7 Å². The van der Waals surface area contributed by atoms with Gasteiger partial charge in [0, 0.05) is 6.54 Å². The van der Waals surface area contributed by atoms with Gasteiger partial charge in [-0.05, 0) is 36.6 Å². The van der Waals surface area contributed by atoms with E-state index in [1.807, 2.05) is 61.5 Å². The van der Waals surface area contributed by atoms with Crippen LogP contribution >= 0.6 is 0 Å². The van der Waals surface area contributed by atoms with Crippen molar-refractivity contribution >= 4 is 5.91 Å². The topological polar surface area (TPSA) is 58.6 Å². The first kappa shape index (κ1) is 17.0. The predicted molar refractivity (Wildman–Crippen MR) is 90.4 cm³/mol. The lowest BCUT2D eigenvalue weighted by atomic mass is 10.00. The van der Waals surface area contributed by atoms with E-state index in [-0.39, 0.29) is 11.8 Å². The molecule has 4 heteroatoms. The molecule has 0 saturated heterocycles. The first-order chi connectivity index (χ1) is 11.1. The largest absolute Gasteiger partial charge is 0.497 e. The van der Waals surface area contributed by atoms with Gasteiger partial charge in [0.25, 0.3) is 0 Å². The number of hydrogen-bond donors (Lipinski definition) is 2. The van der Waals surface area contributed by atoms with Crippen LogP contribution in [-0.4, -0.2) is 24.7 Å². The molecule has 2 N–H and O–H groups in total. The molecule has 4 nitrogen and oxygen atoms in total. The summed E-state index contributed by atoms with van der Waals surface area (Å²) in [6.45, 7) is 2.31. The molecule has 2 aromatic carbocycles. The lowest BCUT2D eigenvalue weighted by Gasteiger charge is -2.15. The highest BCUT2D eigenvalue weighted by atomic mass is 16.5. The van der Waals surface area contributed by atoms with Gasteiger partial charge in [-0.2, -0.15) is 0 Å². The van der Waals surface area contributed by atoms with E-state index in [1.165, 1.54) is 0 Å². The average Bonchev–Trinajstić information content (AvgIpc) is 2.61. The molecular weight excluding hydrogens is 290 g/mol. The van der Waals surface area contributed by atoms with E-state index in [9.17, 15) is 9.90 Å². The number of ether oxygens (including phenoxy) is 1. The maximum absolute atomic E-state index is 12.2. The van der Waals surface area contributed by atoms with Crippen molar-refractivity contribution in [2.24, 2.45) is 0 Å². The zero-order chi connectivity index (χ0) is 16.7. The lowest BCUT2D eigenvalue weighted by molar-refractivity contribution is -0.122. The standard InChI is InChI=1S/C19H23NO3/c1-14(15-8-10-17(23-2)11-9-15)19(22)20-13-12-18(21)16-6-4-3-5-7-16/h3-11,14,18,21H,12-13H2,1-2H3,(H,20,22). The summed E-state index contributed by atoms with van der Waals surface area (Å²) in [6, 6.07) is 16.9. The highest BCUT2D eigenvalue weighted by Gasteiger charge is 2.15. The summed E-state index contributed by atoms with van der Waals surface area (Å²) in [5, 5.41) is 13.0. The van der Waals surface area contributed by atoms with Gasteiger partial charge < -0.3 is 15.2 Å². The molecule has 0 spiro atoms. The second-order valence-corrected chi connectivity index (χ2v) is 5.50. The summed E-state index contributed by atoms with van der Waals surface area (Å²) < 4.78 is 5.11. The second-order valence-electron chi connectivity index (χ2n) is 5.50. The van der Waals surface area contributed by atoms with Crippen molar-refractivity contribution in [1.29, 1.82) is 0 Å². The fraction of sp³-hybridized carbons (Fsp3) is 0.316. The van der Waals surface area contributed by atoms with Crippen LogP contribution < -0.4 is 10.1 Å². The molecule has 23 heavy (non-hydrogen) atoms. The van der Waals surface area contributed by atoms with Gasteiger partial charge in [-0.1, -0.05) is 42.5 Å². The number of hydrogen-bond acceptors (Lipinski definition) is 3. The van der Waals surface area contributed by atoms with Crippen LogP contribution in [0.2, 0.25) is 0 Å². The quantitative estimate of drug-likeness (QED) is 0.826. The van der Waals surface area contributed by atoms with Crippen molar-refractivity contribution in [3.63, 3.8) is 0 Å². The Labute approximate surface area is 137 Å². The van der Waals surface area contributed by atoms with Gasteiger partial charge in [0.2, 0.25) is 5.91 Å². The third-order valence-corrected chi connectivity index (χ3v) is 3.91. The van der Waals surface area contributed by atoms with Gasteiger partial charge in [-0.25, -0.2) is 0 Å². The van der Waals surface area contributed by atoms with E-state index in [0.29, 0.717) is 13.0 Å². The summed E-state index contributed by atoms with van der Waals surface area (Å²) in [6.07, 6.45) is -0.0711. The molecule has 0 saturated carbocycles. The zero-order valence-electron chi connectivity index (χ0n) is 13.5. The van der Waals surface area contributed by atoms with E-state index in [1.54, 1.807) is 7.11 Å². The number of carbonyl (C=O) groups excluding carboxylic acids is 1. The third-order valence-electron chi connectivity index (χ3n) is 3.91. The smallest absolute Gasteiger partial charge is 0.227 e. The van der Waals surface area contributed by atoms with Gasteiger partial charge in [-0.3, -0.25) is 4.79 Å². The van der Waals surface area contributed by atoms with Crippen LogP contribution in [0.25, 0.3) is 0 Å². The van der Waals surface area contributed by atoms with Gasteiger partial charge in [0.05, 0.1) is 19.1 Å². The van der Waals surface area contributed by atoms with Crippen molar-refractivity contribution < 1.29 is 14.6 Å². The highest BCUT2D eigenvalue weighted by molar-refractivity contribution is 5.83. The molecule has 2 aromatic rings. The first-order valence-corrected chi connectivity index (χ1v) is 7.76. The summed E-state index contributed by atoms with van der Waals surface area (Å²) in [5.74, 6) is 0.484. The van der Waals surface area contributed by atoms with Crippen LogP contribution in [0.1, 0.15) is 36.5 Å². The molecule has 0 aliphatic rings. The van der Waals surface area contributed by atoms with E-state index in [0.717, 1.165) is 16.9 Å². The van der Waals surface area contributed by atoms with Crippen molar-refractivity contribution in [2.75, 3.05) is 13.7 Å². The molecule has 0 aliphatic heterocycles. The molecule has 0 aromatic heterocycles. The van der Waals surface area contributed by atoms with Crippen LogP contribution in [-0.2, 0) is 4.79 Å². The van der Waals surface area contributed by atoms with Crippen LogP contribution in [0.3, 0.4) is 0 Å². The highest BCUT2D eigenvalue weighted by Crippen LogP contribution is 2.19. The summed E-state index contributed by atoms with van der Waals surface area (Å²) >= 11 is 0. The Bertz CT molecular complexity index is 610. The van der Waals surface area contributed by atoms with Crippen LogP contribution in [0, 0.1) is 0 Å². The van der Waals surface area contributed by atoms with Gasteiger partial charge in [0.1, 0.15) is 5.75 Å². The van der Waals surface area contributed by atoms with Crippen molar-refractivity contribution in [2.45, 2.75) is 25.4 Å². The molecule has 0 radical (unpaired) electrons. The molecule has 2 atom stereocenters. The SMILES string of the molecule is COc1ccc(C(C)C(=O)NCCC(O)c2ccccc2)cc1. The number of rotatable bonds is 7. The van der Waals surface area contributed by atoms with E-state index < -0.39 is 6.10 Å². The number of aliphatic hydroxyl groups is 1. The minimum absolute atomic E-state index is 0.0459. The Morgan fingerprint density at radius 1 is 1.09 bits per heavy atom. The number of carbonyl (C=O) groups is 1. The molecule has 0 fully saturated rings. The number of methoxy groups -OCH3 is 1. The normalized spacial score (nSPS) is 13.2. The Morgan fingerprint density at radius 3 is 2.35 bits per heavy atom. The van der Waals surface area contributed by atoms with Crippen LogP contribution in [0.5, 0.6) is 5.75 Å². The fourth-order valence-corrected chi connectivity index (χ4v) is 2.37. The van der Waals surface area contributed by atoms with E-state index in [2.05, 4.69) is 5.32 Å². The van der Waals surface area contributed by atoms with Gasteiger partial charge in [0.15, 0.2) is 0 Å². The third kappa shape index (κ3) is 4.83. The Kier molecular flexibility index (Phi) is 6.18. The zero-order valence-corrected chi connectivity index (χ0v) is 13.5. The minimum Gasteiger partial charge on any atom is -0.497 e. The van der Waals surface area contributed by atoms with Gasteiger partial charge >= 0.3 is 0 Å². The van der Waals surface area contributed by atoms with Crippen molar-refractivity contribution in [1.82, 2.24) is 5.32 Å². The van der Waals surface area contributed by atoms with Crippen LogP contribution in [0.4, 0.5) is 0 Å². The first-order valence-electron chi connectivity index (χ1n) is 7.76. The Morgan fingerprint density at radius 2 is 1.74 bits per heavy atom. The lowest BCUT2D eigenvalue weighted by Crippen LogP contribution is -2.29. The Balaban J connectivity index is 1.81. The summed E-state index contributed by atoms with van der Waals surface area (Å²) in [5.41, 5.74) is 1.80. The maximum Gasteiger partial charge on any atom is 0.227 e. The number of benzene rings is 2. The molecule has 0 bridgehead atoms. The maximum atomic E-state index is 12.2. The molecule has 2 rings (SSSR count). The summed E-state index contributed by atoms with van der Waals surface area (Å²) in [4.78, 5) is 12.2. The molecular formula is C19H23NO3. The number of aliphatic hydroxyl groups excluding tert-OH is 1. The second kappa shape index (κ2) is 8.34. The monoisotopic (exact) mass is 313 g/mol. The van der Waals surface area contributed by atoms with Gasteiger partial charge in [-0.15, -0.1) is 0 Å². The van der Waals surface area contributed by atoms with Crippen LogP contribution in [0.15, 0.2) is 54.6 Å². The van der Waals surface area contributed by atoms with Crippen molar-refractivity contribution in [3.8, 4) is 5.75 Å².